The SMILES string of the molecule is CC(C)(C)C1=CC2Oc3cc(Oc4ccc(C(C)(C)C)cc4)c4c(c3N=C2C=C1)C(=O)c1ccccc1C4=O. The van der Waals surface area contributed by atoms with Crippen molar-refractivity contribution in [2.75, 3.05) is 0 Å². The molecule has 5 heteroatoms. The second-order valence-electron chi connectivity index (χ2n) is 12.3. The third-order valence-electron chi connectivity index (χ3n) is 7.46. The molecule has 3 aliphatic rings. The molecule has 39 heavy (non-hydrogen) atoms. The van der Waals surface area contributed by atoms with Gasteiger partial charge in [0, 0.05) is 17.2 Å². The molecule has 3 aromatic rings. The maximum Gasteiger partial charge on any atom is 0.198 e. The van der Waals surface area contributed by atoms with E-state index in [2.05, 4.69) is 47.6 Å². The smallest absolute Gasteiger partial charge is 0.198 e. The van der Waals surface area contributed by atoms with Crippen LogP contribution < -0.4 is 9.47 Å². The van der Waals surface area contributed by atoms with Gasteiger partial charge in [0.15, 0.2) is 23.4 Å². The van der Waals surface area contributed by atoms with E-state index in [0.29, 0.717) is 34.0 Å². The lowest BCUT2D eigenvalue weighted by atomic mass is 9.81. The lowest BCUT2D eigenvalue weighted by Crippen LogP contribution is -2.31. The second kappa shape index (κ2) is 8.63. The van der Waals surface area contributed by atoms with Crippen LogP contribution in [0.1, 0.15) is 78.9 Å². The minimum Gasteiger partial charge on any atom is -0.478 e. The number of carbonyl (C=O) groups excluding carboxylic acids is 2. The first-order valence-corrected chi connectivity index (χ1v) is 13.3. The van der Waals surface area contributed by atoms with Crippen molar-refractivity contribution in [3.8, 4) is 17.2 Å². The topological polar surface area (TPSA) is 65.0 Å². The number of aliphatic imine (C=N–C) groups is 1. The number of fused-ring (bicyclic) bond motifs is 5. The van der Waals surface area contributed by atoms with Crippen LogP contribution in [0.4, 0.5) is 5.69 Å². The molecule has 0 fully saturated rings. The zero-order chi connectivity index (χ0) is 27.7. The quantitative estimate of drug-likeness (QED) is 0.271. The van der Waals surface area contributed by atoms with Crippen molar-refractivity contribution in [2.45, 2.75) is 53.1 Å². The molecule has 0 amide bonds. The van der Waals surface area contributed by atoms with Gasteiger partial charge in [-0.25, -0.2) is 4.99 Å². The number of allylic oxidation sites excluding steroid dienone is 2. The van der Waals surface area contributed by atoms with Crippen molar-refractivity contribution < 1.29 is 19.1 Å². The Bertz CT molecular complexity index is 1640. The largest absolute Gasteiger partial charge is 0.478 e. The highest BCUT2D eigenvalue weighted by Gasteiger charge is 2.39. The number of benzene rings is 3. The summed E-state index contributed by atoms with van der Waals surface area (Å²) in [6, 6.07) is 16.4. The zero-order valence-electron chi connectivity index (χ0n) is 23.1. The fourth-order valence-corrected chi connectivity index (χ4v) is 5.19. The molecule has 0 spiro atoms. The Balaban J connectivity index is 1.51. The molecule has 1 aliphatic heterocycles. The summed E-state index contributed by atoms with van der Waals surface area (Å²) >= 11 is 0. The predicted octanol–water partition coefficient (Wildman–Crippen LogP) is 7.93. The number of rotatable bonds is 2. The fraction of sp³-hybridized carbons (Fsp3) is 0.265. The van der Waals surface area contributed by atoms with Gasteiger partial charge in [0.05, 0.1) is 16.8 Å². The van der Waals surface area contributed by atoms with E-state index in [-0.39, 0.29) is 39.3 Å². The monoisotopic (exact) mass is 517 g/mol. The molecule has 1 heterocycles. The van der Waals surface area contributed by atoms with Crippen LogP contribution in [0.5, 0.6) is 17.2 Å². The van der Waals surface area contributed by atoms with Crippen LogP contribution in [0.3, 0.4) is 0 Å². The van der Waals surface area contributed by atoms with Crippen molar-refractivity contribution in [3.05, 3.63) is 106 Å². The minimum atomic E-state index is -0.393. The molecular formula is C34H31NO4. The Labute approximate surface area is 228 Å². The summed E-state index contributed by atoms with van der Waals surface area (Å²) in [5.74, 6) is 0.747. The van der Waals surface area contributed by atoms with E-state index in [4.69, 9.17) is 14.5 Å². The normalized spacial score (nSPS) is 17.7. The number of hydrogen-bond acceptors (Lipinski definition) is 5. The molecule has 0 saturated carbocycles. The van der Waals surface area contributed by atoms with Crippen LogP contribution in [0.25, 0.3) is 0 Å². The predicted molar refractivity (Wildman–Crippen MR) is 153 cm³/mol. The molecule has 2 aliphatic carbocycles. The molecular weight excluding hydrogens is 486 g/mol. The molecule has 0 saturated heterocycles. The van der Waals surface area contributed by atoms with E-state index in [0.717, 1.165) is 5.57 Å². The second-order valence-corrected chi connectivity index (χ2v) is 12.3. The Kier molecular flexibility index (Phi) is 5.55. The summed E-state index contributed by atoms with van der Waals surface area (Å²) in [7, 11) is 0. The average molecular weight is 518 g/mol. The first kappa shape index (κ1) is 25.1. The molecule has 6 rings (SSSR count). The molecule has 3 aromatic carbocycles. The lowest BCUT2D eigenvalue weighted by molar-refractivity contribution is 0.0977. The van der Waals surface area contributed by atoms with Gasteiger partial charge in [-0.2, -0.15) is 0 Å². The van der Waals surface area contributed by atoms with Gasteiger partial charge in [-0.05, 0) is 46.3 Å². The summed E-state index contributed by atoms with van der Waals surface area (Å²) in [5, 5.41) is 0. The van der Waals surface area contributed by atoms with E-state index in [1.165, 1.54) is 5.56 Å². The minimum absolute atomic E-state index is 0.00691. The summed E-state index contributed by atoms with van der Waals surface area (Å²) in [5.41, 5.74) is 4.48. The van der Waals surface area contributed by atoms with E-state index in [1.54, 1.807) is 30.3 Å². The Hall–Kier alpha value is -4.25. The lowest BCUT2D eigenvalue weighted by Gasteiger charge is -2.31. The molecule has 0 bridgehead atoms. The van der Waals surface area contributed by atoms with Gasteiger partial charge in [-0.3, -0.25) is 9.59 Å². The maximum atomic E-state index is 13.9. The van der Waals surface area contributed by atoms with Gasteiger partial charge in [-0.15, -0.1) is 0 Å². The van der Waals surface area contributed by atoms with Crippen molar-refractivity contribution in [3.63, 3.8) is 0 Å². The van der Waals surface area contributed by atoms with Gasteiger partial charge >= 0.3 is 0 Å². The molecule has 1 unspecified atom stereocenters. The van der Waals surface area contributed by atoms with Gasteiger partial charge in [0.2, 0.25) is 0 Å². The Morgan fingerprint density at radius 2 is 1.44 bits per heavy atom. The molecule has 5 nitrogen and oxygen atoms in total. The summed E-state index contributed by atoms with van der Waals surface area (Å²) < 4.78 is 12.8. The van der Waals surface area contributed by atoms with Gasteiger partial charge < -0.3 is 9.47 Å². The number of ether oxygens (including phenoxy) is 2. The Morgan fingerprint density at radius 1 is 0.795 bits per heavy atom. The average Bonchev–Trinajstić information content (AvgIpc) is 2.89. The van der Waals surface area contributed by atoms with E-state index >= 15 is 0 Å². The van der Waals surface area contributed by atoms with Crippen LogP contribution in [-0.2, 0) is 5.41 Å². The van der Waals surface area contributed by atoms with Crippen molar-refractivity contribution in [2.24, 2.45) is 10.4 Å². The highest BCUT2D eigenvalue weighted by atomic mass is 16.5. The molecule has 0 radical (unpaired) electrons. The summed E-state index contributed by atoms with van der Waals surface area (Å²) in [6.07, 6.45) is 5.65. The standard InChI is InChI=1S/C34H31NO4/c1-33(2,3)19-11-14-21(15-12-19)38-26-18-27-30(35-24-16-13-20(34(4,5)6)17-25(24)39-27)29-28(26)31(36)22-9-7-8-10-23(22)32(29)37/h7-18,25H,1-6H3. The van der Waals surface area contributed by atoms with Crippen LogP contribution in [0, 0.1) is 5.41 Å². The van der Waals surface area contributed by atoms with E-state index < -0.39 is 6.10 Å². The molecule has 0 aromatic heterocycles. The zero-order valence-corrected chi connectivity index (χ0v) is 23.1. The first-order chi connectivity index (χ1) is 18.4. The van der Waals surface area contributed by atoms with Gasteiger partial charge in [0.1, 0.15) is 17.2 Å². The van der Waals surface area contributed by atoms with Crippen LogP contribution >= 0.6 is 0 Å². The third kappa shape index (κ3) is 4.22. The number of ketones is 2. The highest BCUT2D eigenvalue weighted by molar-refractivity contribution is 6.31. The van der Waals surface area contributed by atoms with Crippen LogP contribution in [0.15, 0.2) is 83.4 Å². The first-order valence-electron chi connectivity index (χ1n) is 13.3. The fourth-order valence-electron chi connectivity index (χ4n) is 5.19. The molecule has 0 N–H and O–H groups in total. The van der Waals surface area contributed by atoms with Crippen LogP contribution in [-0.4, -0.2) is 23.4 Å². The maximum absolute atomic E-state index is 13.9. The van der Waals surface area contributed by atoms with Crippen molar-refractivity contribution >= 4 is 23.0 Å². The summed E-state index contributed by atoms with van der Waals surface area (Å²) in [4.78, 5) is 32.6. The van der Waals surface area contributed by atoms with E-state index in [9.17, 15) is 9.59 Å². The Morgan fingerprint density at radius 3 is 2.05 bits per heavy atom. The number of nitrogens with zero attached hydrogens (tertiary/aromatic N) is 1. The van der Waals surface area contributed by atoms with Gasteiger partial charge in [0.25, 0.3) is 0 Å². The molecule has 196 valence electrons. The summed E-state index contributed by atoms with van der Waals surface area (Å²) in [6.45, 7) is 12.9. The van der Waals surface area contributed by atoms with Crippen LogP contribution in [0.2, 0.25) is 0 Å². The van der Waals surface area contributed by atoms with E-state index in [1.807, 2.05) is 36.4 Å². The van der Waals surface area contributed by atoms with Crippen molar-refractivity contribution in [1.82, 2.24) is 0 Å². The third-order valence-corrected chi connectivity index (χ3v) is 7.46. The van der Waals surface area contributed by atoms with Gasteiger partial charge in [-0.1, -0.05) is 84.0 Å². The van der Waals surface area contributed by atoms with Crippen molar-refractivity contribution in [1.29, 1.82) is 0 Å². The highest BCUT2D eigenvalue weighted by Crippen LogP contribution is 2.48. The number of carbonyl (C=O) groups is 2. The number of hydrogen-bond donors (Lipinski definition) is 0. The molecule has 1 atom stereocenters.